The van der Waals surface area contributed by atoms with Gasteiger partial charge in [0.05, 0.1) is 0 Å². The van der Waals surface area contributed by atoms with Crippen molar-refractivity contribution in [1.29, 1.82) is 0 Å². The fourth-order valence-electron chi connectivity index (χ4n) is 1.87. The summed E-state index contributed by atoms with van der Waals surface area (Å²) in [6.45, 7) is 0. The largest absolute Gasteiger partial charge is 0.399 e. The molecule has 0 aliphatic heterocycles. The molecule has 0 amide bonds. The summed E-state index contributed by atoms with van der Waals surface area (Å²) in [5.41, 5.74) is 13.9. The first kappa shape index (κ1) is 9.77. The van der Waals surface area contributed by atoms with Gasteiger partial charge in [-0.2, -0.15) is 0 Å². The molecule has 0 fully saturated rings. The van der Waals surface area contributed by atoms with Crippen LogP contribution in [-0.4, -0.2) is 5.78 Å². The van der Waals surface area contributed by atoms with E-state index in [2.05, 4.69) is 0 Å². The molecule has 0 aromatic heterocycles. The zero-order valence-corrected chi connectivity index (χ0v) is 8.49. The first-order chi connectivity index (χ1) is 7.16. The Bertz CT molecular complexity index is 415. The van der Waals surface area contributed by atoms with Gasteiger partial charge in [-0.1, -0.05) is 6.08 Å². The maximum atomic E-state index is 12.0. The van der Waals surface area contributed by atoms with Gasteiger partial charge in [0.2, 0.25) is 0 Å². The minimum atomic E-state index is 0.0616. The van der Waals surface area contributed by atoms with Gasteiger partial charge < -0.3 is 11.5 Å². The lowest BCUT2D eigenvalue weighted by Gasteiger charge is -2.04. The third-order valence-corrected chi connectivity index (χ3v) is 2.57. The lowest BCUT2D eigenvalue weighted by molar-refractivity contribution is 0.103. The van der Waals surface area contributed by atoms with Crippen molar-refractivity contribution in [2.75, 3.05) is 11.5 Å². The number of ketones is 1. The van der Waals surface area contributed by atoms with E-state index in [-0.39, 0.29) is 5.78 Å². The molecule has 78 valence electrons. The molecule has 4 N–H and O–H groups in total. The average Bonchev–Trinajstić information content (AvgIpc) is 2.67. The molecule has 0 spiro atoms. The van der Waals surface area contributed by atoms with Crippen LogP contribution >= 0.6 is 0 Å². The number of hydrogen-bond donors (Lipinski definition) is 2. The van der Waals surface area contributed by atoms with Crippen LogP contribution in [0.25, 0.3) is 0 Å². The second-order valence-corrected chi connectivity index (χ2v) is 3.84. The molecule has 0 radical (unpaired) electrons. The predicted octanol–water partition coefficient (Wildman–Crippen LogP) is 2.14. The fourth-order valence-corrected chi connectivity index (χ4v) is 1.87. The highest BCUT2D eigenvalue weighted by atomic mass is 16.1. The Balaban J connectivity index is 2.32. The molecule has 1 aliphatic carbocycles. The average molecular weight is 202 g/mol. The standard InChI is InChI=1S/C12H14N2O/c13-10-5-9(6-11(14)7-10)12(15)8-3-1-2-4-8/h3,5-7H,1-2,4,13-14H2. The summed E-state index contributed by atoms with van der Waals surface area (Å²) in [4.78, 5) is 12.0. The number of carbonyl (C=O) groups excluding carboxylic acids is 1. The Labute approximate surface area is 88.8 Å². The van der Waals surface area contributed by atoms with Gasteiger partial charge in [-0.05, 0) is 43.0 Å². The van der Waals surface area contributed by atoms with Crippen LogP contribution in [0, 0.1) is 0 Å². The van der Waals surface area contributed by atoms with E-state index >= 15 is 0 Å². The first-order valence-corrected chi connectivity index (χ1v) is 5.06. The van der Waals surface area contributed by atoms with Crippen molar-refractivity contribution in [2.24, 2.45) is 0 Å². The van der Waals surface area contributed by atoms with E-state index in [1.807, 2.05) is 6.08 Å². The number of benzene rings is 1. The molecule has 0 saturated carbocycles. The summed E-state index contributed by atoms with van der Waals surface area (Å²) in [5, 5.41) is 0. The fraction of sp³-hybridized carbons (Fsp3) is 0.250. The lowest BCUT2D eigenvalue weighted by atomic mass is 10.0. The van der Waals surface area contributed by atoms with Crippen molar-refractivity contribution < 1.29 is 4.79 Å². The summed E-state index contributed by atoms with van der Waals surface area (Å²) >= 11 is 0. The molecule has 3 nitrogen and oxygen atoms in total. The minimum absolute atomic E-state index is 0.0616. The van der Waals surface area contributed by atoms with Crippen LogP contribution in [0.2, 0.25) is 0 Å². The second-order valence-electron chi connectivity index (χ2n) is 3.84. The highest BCUT2D eigenvalue weighted by Crippen LogP contribution is 2.23. The van der Waals surface area contributed by atoms with E-state index in [1.54, 1.807) is 18.2 Å². The van der Waals surface area contributed by atoms with Crippen molar-refractivity contribution in [3.8, 4) is 0 Å². The number of nitrogens with two attached hydrogens (primary N) is 2. The van der Waals surface area contributed by atoms with Crippen LogP contribution in [0.1, 0.15) is 29.6 Å². The van der Waals surface area contributed by atoms with Gasteiger partial charge in [0.1, 0.15) is 0 Å². The monoisotopic (exact) mass is 202 g/mol. The number of hydrogen-bond acceptors (Lipinski definition) is 3. The van der Waals surface area contributed by atoms with E-state index in [9.17, 15) is 4.79 Å². The number of nitrogen functional groups attached to an aromatic ring is 2. The van der Waals surface area contributed by atoms with Crippen LogP contribution in [0.4, 0.5) is 11.4 Å². The van der Waals surface area contributed by atoms with E-state index in [0.717, 1.165) is 24.8 Å². The maximum absolute atomic E-state index is 12.0. The molecule has 0 bridgehead atoms. The lowest BCUT2D eigenvalue weighted by Crippen LogP contribution is -2.03. The molecule has 0 saturated heterocycles. The minimum Gasteiger partial charge on any atom is -0.399 e. The van der Waals surface area contributed by atoms with E-state index in [4.69, 9.17) is 11.5 Å². The Hall–Kier alpha value is -1.77. The zero-order valence-electron chi connectivity index (χ0n) is 8.49. The summed E-state index contributed by atoms with van der Waals surface area (Å²) in [6, 6.07) is 5.01. The maximum Gasteiger partial charge on any atom is 0.188 e. The summed E-state index contributed by atoms with van der Waals surface area (Å²) < 4.78 is 0. The first-order valence-electron chi connectivity index (χ1n) is 5.06. The molecule has 0 atom stereocenters. The van der Waals surface area contributed by atoms with Crippen molar-refractivity contribution in [3.05, 3.63) is 35.4 Å². The van der Waals surface area contributed by atoms with Crippen molar-refractivity contribution >= 4 is 17.2 Å². The molecule has 1 aromatic rings. The molecule has 0 unspecified atom stereocenters. The molecule has 2 rings (SSSR count). The second kappa shape index (κ2) is 3.77. The smallest absolute Gasteiger partial charge is 0.188 e. The number of carbonyl (C=O) groups is 1. The number of rotatable bonds is 2. The van der Waals surface area contributed by atoms with Crippen LogP contribution in [0.15, 0.2) is 29.8 Å². The molecule has 3 heteroatoms. The Morgan fingerprint density at radius 2 is 1.80 bits per heavy atom. The van der Waals surface area contributed by atoms with E-state index in [1.165, 1.54) is 0 Å². The molecule has 15 heavy (non-hydrogen) atoms. The quantitative estimate of drug-likeness (QED) is 0.570. The predicted molar refractivity (Wildman–Crippen MR) is 61.5 cm³/mol. The van der Waals surface area contributed by atoms with E-state index < -0.39 is 0 Å². The Kier molecular flexibility index (Phi) is 2.46. The molecule has 0 heterocycles. The van der Waals surface area contributed by atoms with Gasteiger partial charge in [-0.15, -0.1) is 0 Å². The van der Waals surface area contributed by atoms with Crippen molar-refractivity contribution in [1.82, 2.24) is 0 Å². The van der Waals surface area contributed by atoms with Gasteiger partial charge in [-0.25, -0.2) is 0 Å². The van der Waals surface area contributed by atoms with Crippen LogP contribution in [0.5, 0.6) is 0 Å². The SMILES string of the molecule is Nc1cc(N)cc(C(=O)C2=CCCC2)c1. The molecule has 1 aromatic carbocycles. The molecule has 1 aliphatic rings. The van der Waals surface area contributed by atoms with Gasteiger partial charge in [-0.3, -0.25) is 4.79 Å². The van der Waals surface area contributed by atoms with Crippen molar-refractivity contribution in [2.45, 2.75) is 19.3 Å². The Morgan fingerprint density at radius 3 is 2.33 bits per heavy atom. The summed E-state index contributed by atoms with van der Waals surface area (Å²) in [6.07, 6.45) is 4.94. The van der Waals surface area contributed by atoms with Gasteiger partial charge in [0.25, 0.3) is 0 Å². The third-order valence-electron chi connectivity index (χ3n) is 2.57. The van der Waals surface area contributed by atoms with E-state index in [0.29, 0.717) is 16.9 Å². The van der Waals surface area contributed by atoms with Crippen molar-refractivity contribution in [3.63, 3.8) is 0 Å². The summed E-state index contributed by atoms with van der Waals surface area (Å²) in [7, 11) is 0. The summed E-state index contributed by atoms with van der Waals surface area (Å²) in [5.74, 6) is 0.0616. The van der Waals surface area contributed by atoms with Gasteiger partial charge >= 0.3 is 0 Å². The zero-order chi connectivity index (χ0) is 10.8. The normalized spacial score (nSPS) is 15.1. The van der Waals surface area contributed by atoms with Crippen LogP contribution < -0.4 is 11.5 Å². The van der Waals surface area contributed by atoms with Gasteiger partial charge in [0, 0.05) is 16.9 Å². The molecular weight excluding hydrogens is 188 g/mol. The number of allylic oxidation sites excluding steroid dienone is 2. The highest BCUT2D eigenvalue weighted by molar-refractivity contribution is 6.09. The van der Waals surface area contributed by atoms with Gasteiger partial charge in [0.15, 0.2) is 5.78 Å². The molecular formula is C12H14N2O. The topological polar surface area (TPSA) is 69.1 Å². The Morgan fingerprint density at radius 1 is 1.13 bits per heavy atom. The number of anilines is 2. The third kappa shape index (κ3) is 2.01. The van der Waals surface area contributed by atoms with Crippen LogP contribution in [0.3, 0.4) is 0 Å². The van der Waals surface area contributed by atoms with Crippen LogP contribution in [-0.2, 0) is 0 Å². The highest BCUT2D eigenvalue weighted by Gasteiger charge is 2.15. The number of Topliss-reactive ketones (excluding diaryl/α,β-unsaturated/α-hetero) is 1.